The molecule has 0 aliphatic carbocycles. The largest absolute Gasteiger partial charge is 0.475 e. The third kappa shape index (κ3) is 6.10. The zero-order valence-corrected chi connectivity index (χ0v) is 13.2. The second kappa shape index (κ2) is 9.61. The van der Waals surface area contributed by atoms with Gasteiger partial charge in [-0.3, -0.25) is 0 Å². The normalized spacial score (nSPS) is 10.9. The van der Waals surface area contributed by atoms with Crippen LogP contribution in [0.2, 0.25) is 0 Å². The van der Waals surface area contributed by atoms with E-state index in [4.69, 9.17) is 14.6 Å². The van der Waals surface area contributed by atoms with Crippen LogP contribution in [0.3, 0.4) is 0 Å². The average Bonchev–Trinajstić information content (AvgIpc) is 2.61. The second-order valence-electron chi connectivity index (χ2n) is 4.82. The lowest BCUT2D eigenvalue weighted by Crippen LogP contribution is -2.09. The first-order valence-electron chi connectivity index (χ1n) is 7.55. The van der Waals surface area contributed by atoms with E-state index in [1.807, 2.05) is 43.5 Å². The van der Waals surface area contributed by atoms with Gasteiger partial charge >= 0.3 is 0 Å². The van der Waals surface area contributed by atoms with Gasteiger partial charge in [-0.1, -0.05) is 24.3 Å². The molecule has 1 aromatic carbocycles. The Hall–Kier alpha value is -2.37. The Morgan fingerprint density at radius 1 is 1.00 bits per heavy atom. The Morgan fingerprint density at radius 3 is 2.39 bits per heavy atom. The molecule has 2 aromatic rings. The Balaban J connectivity index is 1.82. The summed E-state index contributed by atoms with van der Waals surface area (Å²) in [6.07, 6.45) is 5.82. The van der Waals surface area contributed by atoms with Crippen LogP contribution >= 0.6 is 0 Å². The number of hydrogen-bond acceptors (Lipinski definition) is 5. The van der Waals surface area contributed by atoms with Gasteiger partial charge in [-0.15, -0.1) is 0 Å². The molecule has 0 atom stereocenters. The van der Waals surface area contributed by atoms with Crippen molar-refractivity contribution in [2.75, 3.05) is 38.8 Å². The monoisotopic (exact) mass is 314 g/mol. The molecule has 122 valence electrons. The summed E-state index contributed by atoms with van der Waals surface area (Å²) in [4.78, 5) is 4.25. The van der Waals surface area contributed by atoms with Gasteiger partial charge < -0.3 is 19.9 Å². The Bertz CT molecular complexity index is 595. The van der Waals surface area contributed by atoms with E-state index < -0.39 is 0 Å². The molecule has 0 saturated carbocycles. The zero-order valence-electron chi connectivity index (χ0n) is 13.2. The third-order valence-electron chi connectivity index (χ3n) is 3.14. The summed E-state index contributed by atoms with van der Waals surface area (Å²) in [5.41, 5.74) is 3.23. The minimum absolute atomic E-state index is 0.0248. The van der Waals surface area contributed by atoms with E-state index in [1.54, 1.807) is 6.20 Å². The molecule has 2 rings (SSSR count). The van der Waals surface area contributed by atoms with Crippen LogP contribution in [0.25, 0.3) is 12.2 Å². The lowest BCUT2D eigenvalue weighted by Gasteiger charge is -2.05. The van der Waals surface area contributed by atoms with E-state index in [1.165, 1.54) is 0 Å². The number of nitrogens with one attached hydrogen (secondary N) is 1. The highest BCUT2D eigenvalue weighted by molar-refractivity contribution is 5.70. The quantitative estimate of drug-likeness (QED) is 0.697. The molecule has 23 heavy (non-hydrogen) atoms. The fraction of sp³-hybridized carbons (Fsp3) is 0.278. The Labute approximate surface area is 136 Å². The highest BCUT2D eigenvalue weighted by atomic mass is 16.5. The predicted octanol–water partition coefficient (Wildman–Crippen LogP) is 2.68. The zero-order chi connectivity index (χ0) is 16.3. The van der Waals surface area contributed by atoms with Gasteiger partial charge in [0.15, 0.2) is 0 Å². The average molecular weight is 314 g/mol. The number of aromatic nitrogens is 1. The summed E-state index contributed by atoms with van der Waals surface area (Å²) in [7, 11) is 1.90. The van der Waals surface area contributed by atoms with Crippen LogP contribution in [-0.2, 0) is 4.74 Å². The van der Waals surface area contributed by atoms with Gasteiger partial charge in [-0.05, 0) is 29.3 Å². The van der Waals surface area contributed by atoms with Gasteiger partial charge in [0.1, 0.15) is 6.61 Å². The van der Waals surface area contributed by atoms with E-state index in [0.29, 0.717) is 25.7 Å². The lowest BCUT2D eigenvalue weighted by atomic mass is 10.1. The summed E-state index contributed by atoms with van der Waals surface area (Å²) in [6, 6.07) is 12.0. The van der Waals surface area contributed by atoms with E-state index >= 15 is 0 Å². The van der Waals surface area contributed by atoms with Crippen LogP contribution in [0.4, 0.5) is 5.69 Å². The van der Waals surface area contributed by atoms with Crippen molar-refractivity contribution < 1.29 is 14.6 Å². The number of benzene rings is 1. The van der Waals surface area contributed by atoms with Crippen molar-refractivity contribution in [1.29, 1.82) is 0 Å². The van der Waals surface area contributed by atoms with Gasteiger partial charge in [0.25, 0.3) is 0 Å². The lowest BCUT2D eigenvalue weighted by molar-refractivity contribution is 0.0695. The second-order valence-corrected chi connectivity index (χ2v) is 4.82. The van der Waals surface area contributed by atoms with Gasteiger partial charge in [0.05, 0.1) is 19.8 Å². The van der Waals surface area contributed by atoms with Crippen LogP contribution in [0.5, 0.6) is 5.88 Å². The molecular formula is C18H22N2O3. The van der Waals surface area contributed by atoms with Crippen molar-refractivity contribution in [3.05, 3.63) is 53.7 Å². The fourth-order valence-electron chi connectivity index (χ4n) is 1.90. The minimum Gasteiger partial charge on any atom is -0.475 e. The number of aliphatic hydroxyl groups excluding tert-OH is 1. The number of ether oxygens (including phenoxy) is 2. The van der Waals surface area contributed by atoms with Crippen LogP contribution in [-0.4, -0.2) is 43.6 Å². The summed E-state index contributed by atoms with van der Waals surface area (Å²) < 4.78 is 10.6. The number of hydrogen-bond donors (Lipinski definition) is 2. The summed E-state index contributed by atoms with van der Waals surface area (Å²) in [5, 5.41) is 11.7. The molecule has 2 N–H and O–H groups in total. The first-order chi connectivity index (χ1) is 11.3. The van der Waals surface area contributed by atoms with Crippen molar-refractivity contribution >= 4 is 17.8 Å². The van der Waals surface area contributed by atoms with E-state index in [2.05, 4.69) is 22.4 Å². The topological polar surface area (TPSA) is 63.6 Å². The molecule has 0 radical (unpaired) electrons. The molecular weight excluding hydrogens is 292 g/mol. The van der Waals surface area contributed by atoms with E-state index in [-0.39, 0.29) is 6.61 Å². The number of nitrogens with zero attached hydrogens (tertiary/aromatic N) is 1. The molecule has 1 aromatic heterocycles. The maximum Gasteiger partial charge on any atom is 0.213 e. The molecule has 0 unspecified atom stereocenters. The molecule has 0 aliphatic rings. The van der Waals surface area contributed by atoms with E-state index in [9.17, 15) is 0 Å². The summed E-state index contributed by atoms with van der Waals surface area (Å²) in [6.45, 7) is 1.21. The first-order valence-corrected chi connectivity index (χ1v) is 7.55. The van der Waals surface area contributed by atoms with Crippen molar-refractivity contribution in [2.45, 2.75) is 0 Å². The Morgan fingerprint density at radius 2 is 1.74 bits per heavy atom. The van der Waals surface area contributed by atoms with Crippen molar-refractivity contribution in [2.24, 2.45) is 0 Å². The molecule has 0 fully saturated rings. The molecule has 0 bridgehead atoms. The number of rotatable bonds is 9. The molecule has 5 nitrogen and oxygen atoms in total. The van der Waals surface area contributed by atoms with Crippen LogP contribution in [0.1, 0.15) is 11.1 Å². The maximum atomic E-state index is 8.58. The Kier molecular flexibility index (Phi) is 7.10. The number of aliphatic hydroxyl groups is 1. The van der Waals surface area contributed by atoms with Crippen molar-refractivity contribution in [1.82, 2.24) is 4.98 Å². The highest BCUT2D eigenvalue weighted by Gasteiger charge is 1.96. The van der Waals surface area contributed by atoms with Crippen LogP contribution in [0, 0.1) is 0 Å². The SMILES string of the molecule is CNc1ccc(/C=C/c2ccc(OCCOCCO)nc2)cc1. The minimum atomic E-state index is 0.0248. The predicted molar refractivity (Wildman–Crippen MR) is 92.6 cm³/mol. The molecule has 5 heteroatoms. The van der Waals surface area contributed by atoms with Crippen molar-refractivity contribution in [3.8, 4) is 5.88 Å². The van der Waals surface area contributed by atoms with Gasteiger partial charge in [0.2, 0.25) is 5.88 Å². The summed E-state index contributed by atoms with van der Waals surface area (Å²) in [5.74, 6) is 0.563. The third-order valence-corrected chi connectivity index (χ3v) is 3.14. The van der Waals surface area contributed by atoms with Crippen LogP contribution < -0.4 is 10.1 Å². The number of anilines is 1. The summed E-state index contributed by atoms with van der Waals surface area (Å²) >= 11 is 0. The van der Waals surface area contributed by atoms with Gasteiger partial charge in [-0.2, -0.15) is 0 Å². The van der Waals surface area contributed by atoms with Gasteiger partial charge in [-0.25, -0.2) is 4.98 Å². The molecule has 1 heterocycles. The fourth-order valence-corrected chi connectivity index (χ4v) is 1.90. The maximum absolute atomic E-state index is 8.58. The van der Waals surface area contributed by atoms with E-state index in [0.717, 1.165) is 16.8 Å². The first kappa shape index (κ1) is 17.0. The molecule has 0 amide bonds. The smallest absolute Gasteiger partial charge is 0.213 e. The standard InChI is InChI=1S/C18H22N2O3/c1-19-17-7-4-15(5-8-17)2-3-16-6-9-18(20-14-16)23-13-12-22-11-10-21/h2-9,14,19,21H,10-13H2,1H3/b3-2+. The molecule has 0 spiro atoms. The molecule has 0 saturated heterocycles. The van der Waals surface area contributed by atoms with Crippen molar-refractivity contribution in [3.63, 3.8) is 0 Å². The highest BCUT2D eigenvalue weighted by Crippen LogP contribution is 2.13. The molecule has 0 aliphatic heterocycles. The van der Waals surface area contributed by atoms with Gasteiger partial charge in [0, 0.05) is 25.0 Å². The number of pyridine rings is 1. The van der Waals surface area contributed by atoms with Crippen LogP contribution in [0.15, 0.2) is 42.6 Å².